The number of methoxy groups -OCH3 is 2. The van der Waals surface area contributed by atoms with Crippen LogP contribution in [0.4, 0.5) is 4.79 Å². The highest BCUT2D eigenvalue weighted by atomic mass is 16.5. The van der Waals surface area contributed by atoms with Gasteiger partial charge in [0.25, 0.3) is 0 Å². The van der Waals surface area contributed by atoms with Crippen molar-refractivity contribution in [1.29, 1.82) is 0 Å². The SMILES string of the molecule is CCCCC#CC1C(C(=O)OC)=CC=CN1C(=O)OC. The Bertz CT molecular complexity index is 482. The van der Waals surface area contributed by atoms with Crippen molar-refractivity contribution in [3.63, 3.8) is 0 Å². The summed E-state index contributed by atoms with van der Waals surface area (Å²) in [6, 6.07) is -0.670. The van der Waals surface area contributed by atoms with Crippen LogP contribution in [-0.4, -0.2) is 37.2 Å². The van der Waals surface area contributed by atoms with Gasteiger partial charge in [-0.05, 0) is 18.6 Å². The molecule has 0 N–H and O–H groups in total. The van der Waals surface area contributed by atoms with Crippen LogP contribution in [0.5, 0.6) is 0 Å². The van der Waals surface area contributed by atoms with Gasteiger partial charge in [0.1, 0.15) is 6.04 Å². The van der Waals surface area contributed by atoms with Gasteiger partial charge >= 0.3 is 12.1 Å². The van der Waals surface area contributed by atoms with Crippen LogP contribution in [0.15, 0.2) is 23.9 Å². The highest BCUT2D eigenvalue weighted by Crippen LogP contribution is 2.18. The summed E-state index contributed by atoms with van der Waals surface area (Å²) in [5.41, 5.74) is 0.324. The quantitative estimate of drug-likeness (QED) is 0.451. The van der Waals surface area contributed by atoms with Crippen molar-refractivity contribution in [3.8, 4) is 11.8 Å². The van der Waals surface area contributed by atoms with Crippen molar-refractivity contribution in [2.75, 3.05) is 14.2 Å². The molecule has 0 aromatic rings. The van der Waals surface area contributed by atoms with Gasteiger partial charge in [0.2, 0.25) is 0 Å². The molecule has 20 heavy (non-hydrogen) atoms. The van der Waals surface area contributed by atoms with Crippen LogP contribution >= 0.6 is 0 Å². The summed E-state index contributed by atoms with van der Waals surface area (Å²) in [4.78, 5) is 24.8. The number of hydrogen-bond acceptors (Lipinski definition) is 4. The first-order valence-electron chi connectivity index (χ1n) is 6.47. The van der Waals surface area contributed by atoms with Crippen molar-refractivity contribution >= 4 is 12.1 Å². The molecule has 1 atom stereocenters. The first-order valence-corrected chi connectivity index (χ1v) is 6.47. The lowest BCUT2D eigenvalue weighted by molar-refractivity contribution is -0.136. The molecular weight excluding hydrogens is 258 g/mol. The van der Waals surface area contributed by atoms with Gasteiger partial charge in [-0.15, -0.1) is 5.92 Å². The standard InChI is InChI=1S/C15H19NO4/c1-4-5-6-7-10-13-12(14(17)19-2)9-8-11-16(13)15(18)20-3/h8-9,11,13H,4-6H2,1-3H3. The van der Waals surface area contributed by atoms with Crippen molar-refractivity contribution < 1.29 is 19.1 Å². The molecule has 0 fully saturated rings. The van der Waals surface area contributed by atoms with Crippen LogP contribution in [0.2, 0.25) is 0 Å². The second-order valence-corrected chi connectivity index (χ2v) is 4.16. The van der Waals surface area contributed by atoms with Crippen LogP contribution in [0.3, 0.4) is 0 Å². The van der Waals surface area contributed by atoms with E-state index >= 15 is 0 Å². The molecule has 0 spiro atoms. The fraction of sp³-hybridized carbons (Fsp3) is 0.467. The zero-order chi connectivity index (χ0) is 15.0. The molecule has 108 valence electrons. The smallest absolute Gasteiger partial charge is 0.414 e. The second-order valence-electron chi connectivity index (χ2n) is 4.16. The largest absolute Gasteiger partial charge is 0.466 e. The molecule has 1 heterocycles. The molecule has 1 aliphatic heterocycles. The van der Waals surface area contributed by atoms with E-state index in [4.69, 9.17) is 9.47 Å². The van der Waals surface area contributed by atoms with Crippen molar-refractivity contribution in [2.24, 2.45) is 0 Å². The third kappa shape index (κ3) is 3.89. The molecule has 1 unspecified atom stereocenters. The fourth-order valence-electron chi connectivity index (χ4n) is 1.72. The lowest BCUT2D eigenvalue weighted by Gasteiger charge is -2.26. The monoisotopic (exact) mass is 277 g/mol. The van der Waals surface area contributed by atoms with Gasteiger partial charge in [0.05, 0.1) is 19.8 Å². The summed E-state index contributed by atoms with van der Waals surface area (Å²) in [7, 11) is 2.58. The highest BCUT2D eigenvalue weighted by Gasteiger charge is 2.30. The molecule has 1 aliphatic rings. The molecule has 0 radical (unpaired) electrons. The summed E-state index contributed by atoms with van der Waals surface area (Å²) in [5, 5.41) is 0. The topological polar surface area (TPSA) is 55.8 Å². The summed E-state index contributed by atoms with van der Waals surface area (Å²) < 4.78 is 9.42. The maximum absolute atomic E-state index is 11.8. The molecule has 0 aliphatic carbocycles. The highest BCUT2D eigenvalue weighted by molar-refractivity contribution is 5.92. The van der Waals surface area contributed by atoms with Crippen LogP contribution in [-0.2, 0) is 14.3 Å². The predicted octanol–water partition coefficient (Wildman–Crippen LogP) is 2.24. The van der Waals surface area contributed by atoms with Gasteiger partial charge < -0.3 is 9.47 Å². The van der Waals surface area contributed by atoms with Crippen molar-refractivity contribution in [2.45, 2.75) is 32.2 Å². The minimum Gasteiger partial charge on any atom is -0.466 e. The average Bonchev–Trinajstić information content (AvgIpc) is 2.49. The Morgan fingerprint density at radius 3 is 2.70 bits per heavy atom. The maximum atomic E-state index is 11.8. The second kappa shape index (κ2) is 8.05. The molecule has 0 saturated carbocycles. The number of esters is 1. The number of ether oxygens (including phenoxy) is 2. The molecule has 5 nitrogen and oxygen atoms in total. The molecular formula is C15H19NO4. The van der Waals surface area contributed by atoms with Gasteiger partial charge in [0.15, 0.2) is 0 Å². The molecule has 5 heteroatoms. The van der Waals surface area contributed by atoms with E-state index < -0.39 is 18.1 Å². The van der Waals surface area contributed by atoms with E-state index in [1.165, 1.54) is 25.3 Å². The van der Waals surface area contributed by atoms with E-state index in [-0.39, 0.29) is 0 Å². The Balaban J connectivity index is 2.99. The zero-order valence-corrected chi connectivity index (χ0v) is 12.0. The first-order chi connectivity index (χ1) is 9.65. The van der Waals surface area contributed by atoms with E-state index in [0.29, 0.717) is 5.57 Å². The van der Waals surface area contributed by atoms with E-state index in [1.54, 1.807) is 12.2 Å². The number of allylic oxidation sites excluding steroid dienone is 2. The predicted molar refractivity (Wildman–Crippen MR) is 74.6 cm³/mol. The number of amides is 1. The minimum atomic E-state index is -0.670. The Kier molecular flexibility index (Phi) is 6.38. The van der Waals surface area contributed by atoms with Crippen molar-refractivity contribution in [1.82, 2.24) is 4.90 Å². The van der Waals surface area contributed by atoms with E-state index in [1.807, 2.05) is 0 Å². The van der Waals surface area contributed by atoms with Crippen LogP contribution in [0.25, 0.3) is 0 Å². The van der Waals surface area contributed by atoms with Crippen LogP contribution in [0.1, 0.15) is 26.2 Å². The Morgan fingerprint density at radius 2 is 2.10 bits per heavy atom. The van der Waals surface area contributed by atoms with E-state index in [9.17, 15) is 9.59 Å². The Labute approximate surface area is 119 Å². The Hall–Kier alpha value is -2.22. The zero-order valence-electron chi connectivity index (χ0n) is 12.0. The number of carbonyl (C=O) groups excluding carboxylic acids is 2. The van der Waals surface area contributed by atoms with Crippen molar-refractivity contribution in [3.05, 3.63) is 23.9 Å². The summed E-state index contributed by atoms with van der Waals surface area (Å²) in [6.07, 6.45) is 6.91. The number of rotatable bonds is 3. The third-order valence-corrected chi connectivity index (χ3v) is 2.80. The van der Waals surface area contributed by atoms with Gasteiger partial charge in [-0.2, -0.15) is 0 Å². The van der Waals surface area contributed by atoms with Gasteiger partial charge in [-0.1, -0.05) is 19.3 Å². The van der Waals surface area contributed by atoms with Gasteiger partial charge in [-0.3, -0.25) is 4.90 Å². The normalized spacial score (nSPS) is 16.9. The molecule has 0 aromatic carbocycles. The molecule has 0 aromatic heterocycles. The van der Waals surface area contributed by atoms with Crippen LogP contribution < -0.4 is 0 Å². The number of hydrogen-bond donors (Lipinski definition) is 0. The van der Waals surface area contributed by atoms with Crippen LogP contribution in [0, 0.1) is 11.8 Å². The molecule has 1 rings (SSSR count). The first kappa shape index (κ1) is 15.8. The minimum absolute atomic E-state index is 0.324. The number of nitrogens with zero attached hydrogens (tertiary/aromatic N) is 1. The fourth-order valence-corrected chi connectivity index (χ4v) is 1.72. The van der Waals surface area contributed by atoms with E-state index in [2.05, 4.69) is 18.8 Å². The number of carbonyl (C=O) groups is 2. The number of unbranched alkanes of at least 4 members (excludes halogenated alkanes) is 2. The summed E-state index contributed by atoms with van der Waals surface area (Å²) >= 11 is 0. The van der Waals surface area contributed by atoms with Gasteiger partial charge in [0, 0.05) is 12.6 Å². The van der Waals surface area contributed by atoms with E-state index in [0.717, 1.165) is 19.3 Å². The lowest BCUT2D eigenvalue weighted by atomic mass is 10.0. The summed E-state index contributed by atoms with van der Waals surface area (Å²) in [6.45, 7) is 2.07. The maximum Gasteiger partial charge on any atom is 0.414 e. The Morgan fingerprint density at radius 1 is 1.35 bits per heavy atom. The molecule has 0 saturated heterocycles. The average molecular weight is 277 g/mol. The third-order valence-electron chi connectivity index (χ3n) is 2.80. The summed E-state index contributed by atoms with van der Waals surface area (Å²) in [5.74, 6) is 5.43. The van der Waals surface area contributed by atoms with Gasteiger partial charge in [-0.25, -0.2) is 9.59 Å². The lowest BCUT2D eigenvalue weighted by Crippen LogP contribution is -2.40. The molecule has 1 amide bonds. The molecule has 0 bridgehead atoms.